The lowest BCUT2D eigenvalue weighted by Gasteiger charge is -2.21. The molecule has 0 radical (unpaired) electrons. The van der Waals surface area contributed by atoms with Crippen molar-refractivity contribution in [3.8, 4) is 0 Å². The Morgan fingerprint density at radius 2 is 2.38 bits per heavy atom. The first-order valence-electron chi connectivity index (χ1n) is 6.30. The average molecular weight is 222 g/mol. The molecule has 1 heterocycles. The fourth-order valence-electron chi connectivity index (χ4n) is 2.06. The van der Waals surface area contributed by atoms with E-state index in [1.807, 2.05) is 12.1 Å². The summed E-state index contributed by atoms with van der Waals surface area (Å²) in [5.41, 5.74) is 6.11. The van der Waals surface area contributed by atoms with Gasteiger partial charge in [-0.3, -0.25) is 4.90 Å². The SMILES string of the molecule is CCN(CCC(N)C1CC1)Cc1ccco1. The Bertz CT molecular complexity index is 293. The minimum atomic E-state index is 0.408. The van der Waals surface area contributed by atoms with Gasteiger partial charge in [-0.05, 0) is 43.9 Å². The van der Waals surface area contributed by atoms with Gasteiger partial charge in [-0.25, -0.2) is 0 Å². The predicted octanol–water partition coefficient (Wildman–Crippen LogP) is 2.23. The van der Waals surface area contributed by atoms with Crippen LogP contribution < -0.4 is 5.73 Å². The summed E-state index contributed by atoms with van der Waals surface area (Å²) in [6.45, 7) is 5.22. The maximum Gasteiger partial charge on any atom is 0.117 e. The Morgan fingerprint density at radius 3 is 2.94 bits per heavy atom. The van der Waals surface area contributed by atoms with Crippen molar-refractivity contribution in [1.82, 2.24) is 4.90 Å². The molecule has 3 heteroatoms. The Kier molecular flexibility index (Phi) is 4.02. The molecular formula is C13H22N2O. The first-order chi connectivity index (χ1) is 7.79. The molecule has 1 aromatic heterocycles. The second kappa shape index (κ2) is 5.51. The maximum atomic E-state index is 6.11. The molecule has 0 spiro atoms. The second-order valence-corrected chi connectivity index (χ2v) is 4.74. The molecule has 0 saturated heterocycles. The molecule has 0 bridgehead atoms. The van der Waals surface area contributed by atoms with Gasteiger partial charge in [0.2, 0.25) is 0 Å². The highest BCUT2D eigenvalue weighted by Crippen LogP contribution is 2.32. The molecule has 3 nitrogen and oxygen atoms in total. The molecule has 1 aliphatic rings. The van der Waals surface area contributed by atoms with Crippen LogP contribution in [0.5, 0.6) is 0 Å². The monoisotopic (exact) mass is 222 g/mol. The van der Waals surface area contributed by atoms with Crippen LogP contribution in [0.15, 0.2) is 22.8 Å². The Morgan fingerprint density at radius 1 is 1.56 bits per heavy atom. The van der Waals surface area contributed by atoms with Crippen LogP contribution in [0.3, 0.4) is 0 Å². The third-order valence-corrected chi connectivity index (χ3v) is 3.41. The van der Waals surface area contributed by atoms with E-state index in [-0.39, 0.29) is 0 Å². The minimum absolute atomic E-state index is 0.408. The van der Waals surface area contributed by atoms with Gasteiger partial charge >= 0.3 is 0 Å². The number of hydrogen-bond acceptors (Lipinski definition) is 3. The highest BCUT2D eigenvalue weighted by molar-refractivity contribution is 4.97. The molecule has 1 atom stereocenters. The zero-order valence-corrected chi connectivity index (χ0v) is 10.1. The zero-order chi connectivity index (χ0) is 11.4. The molecular weight excluding hydrogens is 200 g/mol. The molecule has 1 aliphatic carbocycles. The molecule has 0 amide bonds. The first-order valence-corrected chi connectivity index (χ1v) is 6.30. The van der Waals surface area contributed by atoms with Crippen LogP contribution in [0.4, 0.5) is 0 Å². The third kappa shape index (κ3) is 3.35. The van der Waals surface area contributed by atoms with Crippen LogP contribution in [0, 0.1) is 5.92 Å². The van der Waals surface area contributed by atoms with Crippen LogP contribution in [0.25, 0.3) is 0 Å². The van der Waals surface area contributed by atoms with Crippen molar-refractivity contribution < 1.29 is 4.42 Å². The van der Waals surface area contributed by atoms with Crippen molar-refractivity contribution in [2.75, 3.05) is 13.1 Å². The van der Waals surface area contributed by atoms with Crippen LogP contribution in [-0.2, 0) is 6.54 Å². The van der Waals surface area contributed by atoms with Gasteiger partial charge in [-0.1, -0.05) is 6.92 Å². The quantitative estimate of drug-likeness (QED) is 0.769. The molecule has 16 heavy (non-hydrogen) atoms. The molecule has 1 aromatic rings. The van der Waals surface area contributed by atoms with Crippen molar-refractivity contribution in [3.05, 3.63) is 24.2 Å². The van der Waals surface area contributed by atoms with Gasteiger partial charge in [0.15, 0.2) is 0 Å². The number of nitrogens with zero attached hydrogens (tertiary/aromatic N) is 1. The van der Waals surface area contributed by atoms with Gasteiger partial charge in [-0.15, -0.1) is 0 Å². The third-order valence-electron chi connectivity index (χ3n) is 3.41. The Labute approximate surface area is 97.6 Å². The zero-order valence-electron chi connectivity index (χ0n) is 10.1. The van der Waals surface area contributed by atoms with Gasteiger partial charge in [0.05, 0.1) is 12.8 Å². The Hall–Kier alpha value is -0.800. The van der Waals surface area contributed by atoms with Crippen LogP contribution >= 0.6 is 0 Å². The van der Waals surface area contributed by atoms with Gasteiger partial charge in [0, 0.05) is 12.6 Å². The summed E-state index contributed by atoms with van der Waals surface area (Å²) < 4.78 is 5.36. The summed E-state index contributed by atoms with van der Waals surface area (Å²) in [5, 5.41) is 0. The molecule has 2 N–H and O–H groups in total. The van der Waals surface area contributed by atoms with E-state index in [9.17, 15) is 0 Å². The van der Waals surface area contributed by atoms with E-state index >= 15 is 0 Å². The molecule has 1 unspecified atom stereocenters. The summed E-state index contributed by atoms with van der Waals surface area (Å²) in [6, 6.07) is 4.38. The van der Waals surface area contributed by atoms with Crippen LogP contribution in [0.2, 0.25) is 0 Å². The number of furan rings is 1. The van der Waals surface area contributed by atoms with E-state index < -0.39 is 0 Å². The largest absolute Gasteiger partial charge is 0.468 e. The molecule has 0 aliphatic heterocycles. The fraction of sp³-hybridized carbons (Fsp3) is 0.692. The van der Waals surface area contributed by atoms with Crippen molar-refractivity contribution in [3.63, 3.8) is 0 Å². The lowest BCUT2D eigenvalue weighted by molar-refractivity contribution is 0.243. The summed E-state index contributed by atoms with van der Waals surface area (Å²) >= 11 is 0. The standard InChI is InChI=1S/C13H22N2O/c1-2-15(10-12-4-3-9-16-12)8-7-13(14)11-5-6-11/h3-4,9,11,13H,2,5-8,10,14H2,1H3. The van der Waals surface area contributed by atoms with Crippen molar-refractivity contribution in [2.45, 2.75) is 38.8 Å². The molecule has 1 fully saturated rings. The van der Waals surface area contributed by atoms with Gasteiger partial charge < -0.3 is 10.2 Å². The summed E-state index contributed by atoms with van der Waals surface area (Å²) in [6.07, 6.45) is 5.52. The highest BCUT2D eigenvalue weighted by Gasteiger charge is 2.28. The average Bonchev–Trinajstić information content (AvgIpc) is 3.03. The van der Waals surface area contributed by atoms with E-state index in [2.05, 4.69) is 11.8 Å². The summed E-state index contributed by atoms with van der Waals surface area (Å²) in [7, 11) is 0. The van der Waals surface area contributed by atoms with Gasteiger partial charge in [0.1, 0.15) is 5.76 Å². The van der Waals surface area contributed by atoms with E-state index in [0.29, 0.717) is 6.04 Å². The van der Waals surface area contributed by atoms with E-state index in [0.717, 1.165) is 37.7 Å². The molecule has 2 rings (SSSR count). The highest BCUT2D eigenvalue weighted by atomic mass is 16.3. The molecule has 90 valence electrons. The normalized spacial score (nSPS) is 17.9. The number of nitrogens with two attached hydrogens (primary N) is 1. The number of rotatable bonds is 7. The molecule has 1 saturated carbocycles. The molecule has 0 aromatic carbocycles. The van der Waals surface area contributed by atoms with Crippen LogP contribution in [-0.4, -0.2) is 24.0 Å². The predicted molar refractivity (Wildman–Crippen MR) is 65.0 cm³/mol. The van der Waals surface area contributed by atoms with Crippen LogP contribution in [0.1, 0.15) is 31.9 Å². The summed E-state index contributed by atoms with van der Waals surface area (Å²) in [4.78, 5) is 2.39. The van der Waals surface area contributed by atoms with Gasteiger partial charge in [0.25, 0.3) is 0 Å². The number of hydrogen-bond donors (Lipinski definition) is 1. The lowest BCUT2D eigenvalue weighted by Crippen LogP contribution is -2.31. The maximum absolute atomic E-state index is 6.11. The first kappa shape index (κ1) is 11.7. The van der Waals surface area contributed by atoms with E-state index in [1.54, 1.807) is 6.26 Å². The minimum Gasteiger partial charge on any atom is -0.468 e. The van der Waals surface area contributed by atoms with Crippen molar-refractivity contribution >= 4 is 0 Å². The van der Waals surface area contributed by atoms with Crippen molar-refractivity contribution in [1.29, 1.82) is 0 Å². The summed E-state index contributed by atoms with van der Waals surface area (Å²) in [5.74, 6) is 1.85. The topological polar surface area (TPSA) is 42.4 Å². The fourth-order valence-corrected chi connectivity index (χ4v) is 2.06. The van der Waals surface area contributed by atoms with E-state index in [1.165, 1.54) is 12.8 Å². The Balaban J connectivity index is 1.72. The van der Waals surface area contributed by atoms with Gasteiger partial charge in [-0.2, -0.15) is 0 Å². The van der Waals surface area contributed by atoms with E-state index in [4.69, 9.17) is 10.2 Å². The lowest BCUT2D eigenvalue weighted by atomic mass is 10.1. The second-order valence-electron chi connectivity index (χ2n) is 4.74. The van der Waals surface area contributed by atoms with Crippen molar-refractivity contribution in [2.24, 2.45) is 11.7 Å². The smallest absolute Gasteiger partial charge is 0.117 e.